The van der Waals surface area contributed by atoms with Gasteiger partial charge in [0.2, 0.25) is 0 Å². The molecule has 198 valence electrons. The number of anilines is 2. The van der Waals surface area contributed by atoms with Crippen molar-refractivity contribution in [2.24, 2.45) is 11.8 Å². The van der Waals surface area contributed by atoms with Crippen LogP contribution in [0.15, 0.2) is 53.9 Å². The molecule has 2 heterocycles. The van der Waals surface area contributed by atoms with E-state index in [-0.39, 0.29) is 5.41 Å². The monoisotopic (exact) mass is 525 g/mol. The molecule has 3 nitrogen and oxygen atoms in total. The lowest BCUT2D eigenvalue weighted by Gasteiger charge is -2.48. The van der Waals surface area contributed by atoms with Crippen molar-refractivity contribution in [3.8, 4) is 5.75 Å². The maximum atomic E-state index is 11.8. The molecule has 1 aliphatic heterocycles. The fourth-order valence-corrected chi connectivity index (χ4v) is 8.40. The number of hydrogen-bond acceptors (Lipinski definition) is 4. The van der Waals surface area contributed by atoms with Gasteiger partial charge < -0.3 is 9.64 Å². The van der Waals surface area contributed by atoms with Crippen LogP contribution in [0.25, 0.3) is 11.6 Å². The molecule has 6 rings (SSSR count). The molecule has 3 aromatic rings. The van der Waals surface area contributed by atoms with Crippen LogP contribution < -0.4 is 9.64 Å². The van der Waals surface area contributed by atoms with Crippen LogP contribution in [0.5, 0.6) is 5.75 Å². The van der Waals surface area contributed by atoms with Crippen molar-refractivity contribution in [3.63, 3.8) is 0 Å². The molecule has 2 bridgehead atoms. The lowest BCUT2D eigenvalue weighted by Crippen LogP contribution is -2.39. The summed E-state index contributed by atoms with van der Waals surface area (Å²) in [5, 5.41) is 2.02. The zero-order valence-electron chi connectivity index (χ0n) is 22.7. The molecule has 1 aromatic heterocycles. The maximum Gasteiger partial charge on any atom is 0.151 e. The molecule has 2 aliphatic carbocycles. The number of methoxy groups -OCH3 is 1. The minimum atomic E-state index is 0.218. The predicted molar refractivity (Wildman–Crippen MR) is 160 cm³/mol. The number of hydrogen-bond donors (Lipinski definition) is 0. The van der Waals surface area contributed by atoms with Crippen LogP contribution in [-0.4, -0.2) is 19.9 Å². The van der Waals surface area contributed by atoms with E-state index in [1.165, 1.54) is 67.4 Å². The van der Waals surface area contributed by atoms with Crippen molar-refractivity contribution < 1.29 is 9.53 Å². The van der Waals surface area contributed by atoms with E-state index >= 15 is 0 Å². The molecule has 2 saturated carbocycles. The zero-order valence-corrected chi connectivity index (χ0v) is 23.6. The summed E-state index contributed by atoms with van der Waals surface area (Å²) in [5.74, 6) is 2.79. The van der Waals surface area contributed by atoms with Gasteiger partial charge >= 0.3 is 0 Å². The van der Waals surface area contributed by atoms with Crippen molar-refractivity contribution in [2.45, 2.75) is 70.1 Å². The molecule has 2 fully saturated rings. The fraction of sp³-hybridized carbons (Fsp3) is 0.441. The van der Waals surface area contributed by atoms with Gasteiger partial charge in [-0.15, -0.1) is 11.3 Å². The van der Waals surface area contributed by atoms with E-state index in [9.17, 15) is 4.79 Å². The third-order valence-electron chi connectivity index (χ3n) is 9.47. The second-order valence-corrected chi connectivity index (χ2v) is 12.6. The third-order valence-corrected chi connectivity index (χ3v) is 10.4. The molecule has 2 atom stereocenters. The van der Waals surface area contributed by atoms with Crippen molar-refractivity contribution in [1.29, 1.82) is 0 Å². The smallest absolute Gasteiger partial charge is 0.151 e. The molecular formula is C34H39NO2S. The number of allylic oxidation sites excluding steroid dienone is 1. The average Bonchev–Trinajstić information content (AvgIpc) is 3.50. The van der Waals surface area contributed by atoms with Gasteiger partial charge in [0.15, 0.2) is 6.29 Å². The number of ether oxygens (including phenoxy) is 1. The molecular weight excluding hydrogens is 486 g/mol. The highest BCUT2D eigenvalue weighted by Gasteiger charge is 2.43. The van der Waals surface area contributed by atoms with Crippen LogP contribution in [-0.2, 0) is 16.6 Å². The molecule has 2 aromatic carbocycles. The molecule has 0 spiro atoms. The number of nitrogens with zero attached hydrogens (tertiary/aromatic N) is 1. The molecule has 3 aliphatic rings. The number of benzene rings is 2. The molecule has 38 heavy (non-hydrogen) atoms. The Morgan fingerprint density at radius 2 is 1.95 bits per heavy atom. The first-order valence-corrected chi connectivity index (χ1v) is 15.3. The summed E-state index contributed by atoms with van der Waals surface area (Å²) in [6.07, 6.45) is 14.6. The molecule has 0 amide bonds. The Hall–Kier alpha value is -2.85. The minimum Gasteiger partial charge on any atom is -0.496 e. The largest absolute Gasteiger partial charge is 0.496 e. The second-order valence-electron chi connectivity index (χ2n) is 11.7. The van der Waals surface area contributed by atoms with Gasteiger partial charge in [-0.2, -0.15) is 0 Å². The summed E-state index contributed by atoms with van der Waals surface area (Å²) in [7, 11) is 1.83. The number of aryl methyl sites for hydroxylation is 1. The standard InChI is InChI=1S/C34H39NO2S/c1-3-34(21-25-7-4-8-26(17-25)22-34)30-20-29(12-14-32(30)37-2)35-15-5-9-27-18-24(11-13-31(27)35)19-28(23-36)33-10-6-16-38-33/h6,10-14,16,18-20,23,25-26H,3-5,7-9,15,17,21-22H2,1-2H3/b28-19-. The van der Waals surface area contributed by atoms with Crippen molar-refractivity contribution in [1.82, 2.24) is 0 Å². The van der Waals surface area contributed by atoms with E-state index in [0.717, 1.165) is 59.3 Å². The Morgan fingerprint density at radius 1 is 1.11 bits per heavy atom. The SMILES string of the molecule is CCC1(c2cc(N3CCCc4cc(/C=C(/C=O)c5cccs5)ccc43)ccc2OC)CC2CCCC(C2)C1. The summed E-state index contributed by atoms with van der Waals surface area (Å²) < 4.78 is 6.00. The number of rotatable bonds is 7. The second kappa shape index (κ2) is 10.7. The lowest BCUT2D eigenvalue weighted by molar-refractivity contribution is -0.103. The summed E-state index contributed by atoms with van der Waals surface area (Å²) in [6, 6.07) is 17.6. The van der Waals surface area contributed by atoms with Crippen molar-refractivity contribution in [3.05, 3.63) is 75.5 Å². The zero-order chi connectivity index (χ0) is 26.1. The van der Waals surface area contributed by atoms with E-state index in [1.807, 2.05) is 30.7 Å². The molecule has 2 unspecified atom stereocenters. The number of thiophene rings is 1. The van der Waals surface area contributed by atoms with Crippen LogP contribution in [0.2, 0.25) is 0 Å². The Labute approximate surface area is 231 Å². The highest BCUT2D eigenvalue weighted by atomic mass is 32.1. The molecule has 0 saturated heterocycles. The van der Waals surface area contributed by atoms with Gasteiger partial charge in [-0.25, -0.2) is 0 Å². The highest BCUT2D eigenvalue weighted by Crippen LogP contribution is 2.54. The van der Waals surface area contributed by atoms with E-state index in [1.54, 1.807) is 11.3 Å². The van der Waals surface area contributed by atoms with Crippen molar-refractivity contribution >= 4 is 40.6 Å². The van der Waals surface area contributed by atoms with E-state index in [4.69, 9.17) is 4.74 Å². The predicted octanol–water partition coefficient (Wildman–Crippen LogP) is 8.83. The van der Waals surface area contributed by atoms with Crippen LogP contribution in [0.1, 0.15) is 79.9 Å². The number of carbonyl (C=O) groups is 1. The quantitative estimate of drug-likeness (QED) is 0.228. The van der Waals surface area contributed by atoms with Gasteiger partial charge in [0.25, 0.3) is 0 Å². The van der Waals surface area contributed by atoms with Crippen LogP contribution in [0.3, 0.4) is 0 Å². The van der Waals surface area contributed by atoms with Gasteiger partial charge in [-0.1, -0.05) is 38.3 Å². The van der Waals surface area contributed by atoms with E-state index < -0.39 is 0 Å². The van der Waals surface area contributed by atoms with Gasteiger partial charge in [-0.3, -0.25) is 4.79 Å². The first-order chi connectivity index (χ1) is 18.6. The van der Waals surface area contributed by atoms with Gasteiger partial charge in [0, 0.05) is 33.9 Å². The topological polar surface area (TPSA) is 29.5 Å². The summed E-state index contributed by atoms with van der Waals surface area (Å²) >= 11 is 1.61. The molecule has 4 heteroatoms. The van der Waals surface area contributed by atoms with Crippen LogP contribution in [0.4, 0.5) is 11.4 Å². The summed E-state index contributed by atoms with van der Waals surface area (Å²) in [4.78, 5) is 15.3. The third kappa shape index (κ3) is 4.73. The van der Waals surface area contributed by atoms with Crippen LogP contribution >= 0.6 is 11.3 Å². The molecule has 0 radical (unpaired) electrons. The fourth-order valence-electron chi connectivity index (χ4n) is 7.70. The first-order valence-electron chi connectivity index (χ1n) is 14.4. The normalized spacial score (nSPS) is 25.1. The van der Waals surface area contributed by atoms with E-state index in [2.05, 4.69) is 48.2 Å². The Morgan fingerprint density at radius 3 is 2.66 bits per heavy atom. The number of fused-ring (bicyclic) bond motifs is 3. The summed E-state index contributed by atoms with van der Waals surface area (Å²) in [5.41, 5.74) is 7.41. The summed E-state index contributed by atoms with van der Waals surface area (Å²) in [6.45, 7) is 3.41. The van der Waals surface area contributed by atoms with Gasteiger partial charge in [0.05, 0.1) is 7.11 Å². The number of carbonyl (C=O) groups excluding carboxylic acids is 1. The average molecular weight is 526 g/mol. The Kier molecular flexibility index (Phi) is 7.18. The highest BCUT2D eigenvalue weighted by molar-refractivity contribution is 7.11. The minimum absolute atomic E-state index is 0.218. The first kappa shape index (κ1) is 25.4. The molecule has 0 N–H and O–H groups in total. The lowest BCUT2D eigenvalue weighted by atomic mass is 9.57. The Balaban J connectivity index is 1.35. The van der Waals surface area contributed by atoms with Crippen LogP contribution in [0, 0.1) is 11.8 Å². The van der Waals surface area contributed by atoms with Gasteiger partial charge in [0.1, 0.15) is 5.75 Å². The van der Waals surface area contributed by atoms with Gasteiger partial charge in [-0.05, 0) is 115 Å². The maximum absolute atomic E-state index is 11.8. The van der Waals surface area contributed by atoms with Crippen molar-refractivity contribution in [2.75, 3.05) is 18.6 Å². The van der Waals surface area contributed by atoms with E-state index in [0.29, 0.717) is 0 Å². The Bertz CT molecular complexity index is 1310. The number of aldehydes is 1.